The summed E-state index contributed by atoms with van der Waals surface area (Å²) in [5.41, 5.74) is 2.14. The lowest BCUT2D eigenvalue weighted by atomic mass is 9.84. The second kappa shape index (κ2) is 5.25. The number of β-amino-alcohol motifs (C(OH)–C–C–N with tert-alkyl or cyclic N) is 1. The van der Waals surface area contributed by atoms with Crippen molar-refractivity contribution in [2.75, 3.05) is 19.6 Å². The van der Waals surface area contributed by atoms with E-state index in [4.69, 9.17) is 0 Å². The van der Waals surface area contributed by atoms with Crippen molar-refractivity contribution in [1.82, 2.24) is 15.1 Å². The Morgan fingerprint density at radius 1 is 1.42 bits per heavy atom. The van der Waals surface area contributed by atoms with Gasteiger partial charge in [-0.15, -0.1) is 0 Å². The minimum atomic E-state index is -0.420. The summed E-state index contributed by atoms with van der Waals surface area (Å²) in [4.78, 5) is 2.44. The molecule has 1 aromatic rings. The molecule has 2 fully saturated rings. The number of nitrogens with one attached hydrogen (secondary N) is 1. The minimum absolute atomic E-state index is 0.420. The molecule has 1 aromatic heterocycles. The van der Waals surface area contributed by atoms with Crippen LogP contribution in [-0.2, 0) is 0 Å². The summed E-state index contributed by atoms with van der Waals surface area (Å²) in [6, 6.07) is 0. The summed E-state index contributed by atoms with van der Waals surface area (Å²) < 4.78 is 0. The molecule has 1 saturated carbocycles. The van der Waals surface area contributed by atoms with Crippen LogP contribution in [0.25, 0.3) is 0 Å². The molecule has 2 N–H and O–H groups in total. The smallest absolute Gasteiger partial charge is 0.0774 e. The summed E-state index contributed by atoms with van der Waals surface area (Å²) in [6.07, 6.45) is 8.72. The summed E-state index contributed by atoms with van der Waals surface area (Å²) in [7, 11) is 0. The summed E-state index contributed by atoms with van der Waals surface area (Å²) in [5.74, 6) is 0.565. The van der Waals surface area contributed by atoms with Gasteiger partial charge in [-0.3, -0.25) is 10.00 Å². The number of likely N-dealkylation sites (tertiary alicyclic amines) is 1. The number of aliphatic hydroxyl groups is 1. The number of nitrogens with zero attached hydrogens (tertiary/aromatic N) is 2. The summed E-state index contributed by atoms with van der Waals surface area (Å²) >= 11 is 0. The molecule has 0 amide bonds. The van der Waals surface area contributed by atoms with E-state index in [9.17, 15) is 5.11 Å². The Balaban J connectivity index is 1.58. The minimum Gasteiger partial charge on any atom is -0.389 e. The number of hydrogen-bond donors (Lipinski definition) is 2. The highest BCUT2D eigenvalue weighted by Crippen LogP contribution is 2.33. The first kappa shape index (κ1) is 13.1. The van der Waals surface area contributed by atoms with E-state index < -0.39 is 5.60 Å². The third kappa shape index (κ3) is 2.84. The van der Waals surface area contributed by atoms with Gasteiger partial charge in [-0.1, -0.05) is 19.3 Å². The topological polar surface area (TPSA) is 52.2 Å². The van der Waals surface area contributed by atoms with Crippen LogP contribution in [0.15, 0.2) is 6.20 Å². The van der Waals surface area contributed by atoms with Crippen LogP contribution in [0.5, 0.6) is 0 Å². The lowest BCUT2D eigenvalue weighted by molar-refractivity contribution is -0.0216. The van der Waals surface area contributed by atoms with Gasteiger partial charge in [0.1, 0.15) is 0 Å². The second-order valence-corrected chi connectivity index (χ2v) is 6.47. The maximum absolute atomic E-state index is 10.6. The molecule has 1 aliphatic carbocycles. The van der Waals surface area contributed by atoms with Crippen molar-refractivity contribution in [1.29, 1.82) is 0 Å². The number of aromatic amines is 1. The Morgan fingerprint density at radius 2 is 2.21 bits per heavy atom. The van der Waals surface area contributed by atoms with Gasteiger partial charge < -0.3 is 5.11 Å². The van der Waals surface area contributed by atoms with E-state index >= 15 is 0 Å². The average Bonchev–Trinajstić information content (AvgIpc) is 2.98. The van der Waals surface area contributed by atoms with Gasteiger partial charge in [-0.05, 0) is 38.3 Å². The predicted molar refractivity (Wildman–Crippen MR) is 75.2 cm³/mol. The fourth-order valence-electron chi connectivity index (χ4n) is 3.77. The van der Waals surface area contributed by atoms with Gasteiger partial charge in [-0.2, -0.15) is 5.10 Å². The summed E-state index contributed by atoms with van der Waals surface area (Å²) in [6.45, 7) is 5.14. The monoisotopic (exact) mass is 263 g/mol. The average molecular weight is 263 g/mol. The van der Waals surface area contributed by atoms with Crippen molar-refractivity contribution in [3.8, 4) is 0 Å². The third-order valence-electron chi connectivity index (χ3n) is 4.85. The Labute approximate surface area is 115 Å². The molecule has 2 aliphatic rings. The molecule has 0 aromatic carbocycles. The van der Waals surface area contributed by atoms with Crippen molar-refractivity contribution in [3.63, 3.8) is 0 Å². The van der Waals surface area contributed by atoms with E-state index in [1.807, 2.05) is 6.20 Å². The first-order valence-electron chi connectivity index (χ1n) is 7.61. The Kier molecular flexibility index (Phi) is 3.63. The molecule has 106 valence electrons. The lowest BCUT2D eigenvalue weighted by Gasteiger charge is -2.35. The van der Waals surface area contributed by atoms with Gasteiger partial charge in [0.25, 0.3) is 0 Å². The van der Waals surface area contributed by atoms with Crippen LogP contribution in [0, 0.1) is 6.92 Å². The first-order chi connectivity index (χ1) is 9.16. The van der Waals surface area contributed by atoms with Crippen LogP contribution in [0.1, 0.15) is 55.7 Å². The number of aromatic nitrogens is 2. The van der Waals surface area contributed by atoms with Crippen molar-refractivity contribution in [3.05, 3.63) is 17.5 Å². The molecular weight excluding hydrogens is 238 g/mol. The highest BCUT2D eigenvalue weighted by molar-refractivity contribution is 5.20. The molecule has 0 unspecified atom stereocenters. The number of hydrogen-bond acceptors (Lipinski definition) is 3. The second-order valence-electron chi connectivity index (χ2n) is 6.47. The van der Waals surface area contributed by atoms with Crippen molar-refractivity contribution in [2.24, 2.45) is 0 Å². The number of aryl methyl sites for hydroxylation is 1. The zero-order valence-electron chi connectivity index (χ0n) is 11.9. The third-order valence-corrected chi connectivity index (χ3v) is 4.85. The Morgan fingerprint density at radius 3 is 2.89 bits per heavy atom. The van der Waals surface area contributed by atoms with E-state index in [0.717, 1.165) is 32.5 Å². The fourth-order valence-corrected chi connectivity index (χ4v) is 3.77. The SMILES string of the molecule is Cc1cn[nH]c1[C@H]1CCN(CC2(O)CCCCC2)C1. The van der Waals surface area contributed by atoms with Crippen molar-refractivity contribution < 1.29 is 5.11 Å². The first-order valence-corrected chi connectivity index (χ1v) is 7.61. The molecular formula is C15H25N3O. The fraction of sp³-hybridized carbons (Fsp3) is 0.800. The Hall–Kier alpha value is -0.870. The molecule has 19 heavy (non-hydrogen) atoms. The zero-order valence-corrected chi connectivity index (χ0v) is 11.9. The van der Waals surface area contributed by atoms with Crippen LogP contribution in [0.2, 0.25) is 0 Å². The number of H-pyrrole nitrogens is 1. The van der Waals surface area contributed by atoms with Gasteiger partial charge in [0.15, 0.2) is 0 Å². The molecule has 1 atom stereocenters. The Bertz CT molecular complexity index is 423. The van der Waals surface area contributed by atoms with Crippen molar-refractivity contribution >= 4 is 0 Å². The van der Waals surface area contributed by atoms with E-state index in [-0.39, 0.29) is 0 Å². The largest absolute Gasteiger partial charge is 0.389 e. The van der Waals surface area contributed by atoms with Gasteiger partial charge in [0.05, 0.1) is 11.8 Å². The molecule has 4 nitrogen and oxygen atoms in total. The maximum atomic E-state index is 10.6. The molecule has 0 bridgehead atoms. The van der Waals surface area contributed by atoms with E-state index in [1.54, 1.807) is 0 Å². The van der Waals surface area contributed by atoms with Gasteiger partial charge in [0, 0.05) is 24.7 Å². The van der Waals surface area contributed by atoms with Crippen LogP contribution in [-0.4, -0.2) is 45.4 Å². The molecule has 3 rings (SSSR count). The lowest BCUT2D eigenvalue weighted by Crippen LogP contribution is -2.43. The van der Waals surface area contributed by atoms with Crippen LogP contribution in [0.3, 0.4) is 0 Å². The molecule has 2 heterocycles. The molecule has 0 spiro atoms. The molecule has 4 heteroatoms. The van der Waals surface area contributed by atoms with E-state index in [1.165, 1.54) is 36.9 Å². The van der Waals surface area contributed by atoms with E-state index in [2.05, 4.69) is 22.0 Å². The summed E-state index contributed by atoms with van der Waals surface area (Å²) in [5, 5.41) is 17.9. The molecule has 1 saturated heterocycles. The number of rotatable bonds is 3. The molecule has 0 radical (unpaired) electrons. The van der Waals surface area contributed by atoms with Crippen LogP contribution < -0.4 is 0 Å². The highest BCUT2D eigenvalue weighted by Gasteiger charge is 2.34. The van der Waals surface area contributed by atoms with Gasteiger partial charge in [0.2, 0.25) is 0 Å². The standard InChI is InChI=1S/C15H25N3O/c1-12-9-16-17-14(12)13-5-8-18(10-13)11-15(19)6-3-2-4-7-15/h9,13,19H,2-8,10-11H2,1H3,(H,16,17)/t13-/m0/s1. The zero-order chi connectivity index (χ0) is 13.3. The highest BCUT2D eigenvalue weighted by atomic mass is 16.3. The van der Waals surface area contributed by atoms with Crippen LogP contribution in [0.4, 0.5) is 0 Å². The quantitative estimate of drug-likeness (QED) is 0.879. The molecule has 1 aliphatic heterocycles. The van der Waals surface area contributed by atoms with Crippen LogP contribution >= 0.6 is 0 Å². The normalized spacial score (nSPS) is 27.8. The predicted octanol–water partition coefficient (Wildman–Crippen LogP) is 2.20. The van der Waals surface area contributed by atoms with Crippen molar-refractivity contribution in [2.45, 2.75) is 57.0 Å². The van der Waals surface area contributed by atoms with E-state index in [0.29, 0.717) is 5.92 Å². The van der Waals surface area contributed by atoms with Gasteiger partial charge in [-0.25, -0.2) is 0 Å². The maximum Gasteiger partial charge on any atom is 0.0774 e. The van der Waals surface area contributed by atoms with Gasteiger partial charge >= 0.3 is 0 Å².